The van der Waals surface area contributed by atoms with Crippen LogP contribution in [0.5, 0.6) is 0 Å². The summed E-state index contributed by atoms with van der Waals surface area (Å²) in [7, 11) is 1.72. The molecular weight excluding hydrogens is 208 g/mol. The minimum atomic E-state index is 0.480. The van der Waals surface area contributed by atoms with Crippen molar-refractivity contribution in [3.8, 4) is 0 Å². The highest BCUT2D eigenvalue weighted by atomic mass is 79.9. The molecule has 0 aromatic rings. The molecule has 0 heterocycles. The van der Waals surface area contributed by atoms with E-state index < -0.39 is 0 Å². The average molecular weight is 225 g/mol. The van der Waals surface area contributed by atoms with E-state index in [1.165, 1.54) is 0 Å². The largest absolute Gasteiger partial charge is 0.384 e. The first-order valence-electron chi connectivity index (χ1n) is 4.02. The molecule has 0 saturated heterocycles. The van der Waals surface area contributed by atoms with E-state index in [0.29, 0.717) is 4.83 Å². The smallest absolute Gasteiger partial charge is 0.0587 e. The molecule has 68 valence electrons. The van der Waals surface area contributed by atoms with E-state index in [1.807, 2.05) is 6.92 Å². The maximum absolute atomic E-state index is 5.20. The second-order valence-electron chi connectivity index (χ2n) is 2.39. The van der Waals surface area contributed by atoms with Gasteiger partial charge in [0.2, 0.25) is 0 Å². The van der Waals surface area contributed by atoms with Gasteiger partial charge >= 0.3 is 0 Å². The molecule has 0 fully saturated rings. The van der Waals surface area contributed by atoms with Crippen molar-refractivity contribution in [2.45, 2.75) is 24.6 Å². The van der Waals surface area contributed by atoms with Gasteiger partial charge in [0.1, 0.15) is 0 Å². The molecule has 1 atom stereocenters. The zero-order valence-corrected chi connectivity index (χ0v) is 8.89. The fraction of sp³-hybridized carbons (Fsp3) is 1.00. The van der Waals surface area contributed by atoms with Crippen LogP contribution in [0.15, 0.2) is 0 Å². The molecule has 0 rings (SSSR count). The van der Waals surface area contributed by atoms with Gasteiger partial charge in [-0.2, -0.15) is 0 Å². The number of alkyl halides is 1. The lowest BCUT2D eigenvalue weighted by Gasteiger charge is -2.07. The number of hydrogen-bond donors (Lipinski definition) is 0. The van der Waals surface area contributed by atoms with Gasteiger partial charge in [0.25, 0.3) is 0 Å². The summed E-state index contributed by atoms with van der Waals surface area (Å²) >= 11 is 3.51. The maximum atomic E-state index is 5.20. The quantitative estimate of drug-likeness (QED) is 0.488. The second kappa shape index (κ2) is 8.50. The molecule has 0 amide bonds. The van der Waals surface area contributed by atoms with Gasteiger partial charge in [-0.05, 0) is 19.8 Å². The summed E-state index contributed by atoms with van der Waals surface area (Å²) in [6.45, 7) is 4.48. The van der Waals surface area contributed by atoms with Crippen molar-refractivity contribution >= 4 is 15.9 Å². The molecule has 0 aliphatic heterocycles. The molecule has 2 nitrogen and oxygen atoms in total. The van der Waals surface area contributed by atoms with Crippen LogP contribution in [0.4, 0.5) is 0 Å². The molecule has 0 saturated carbocycles. The first-order chi connectivity index (χ1) is 5.31. The van der Waals surface area contributed by atoms with Crippen LogP contribution in [0.25, 0.3) is 0 Å². The maximum Gasteiger partial charge on any atom is 0.0587 e. The summed E-state index contributed by atoms with van der Waals surface area (Å²) in [6.07, 6.45) is 2.22. The number of halogens is 1. The van der Waals surface area contributed by atoms with Crippen LogP contribution >= 0.6 is 15.9 Å². The Kier molecular flexibility index (Phi) is 8.81. The minimum absolute atomic E-state index is 0.480. The highest BCUT2D eigenvalue weighted by molar-refractivity contribution is 9.09. The highest BCUT2D eigenvalue weighted by Gasteiger charge is 2.01. The van der Waals surface area contributed by atoms with Crippen LogP contribution in [0.1, 0.15) is 19.8 Å². The van der Waals surface area contributed by atoms with Crippen molar-refractivity contribution < 1.29 is 9.47 Å². The van der Waals surface area contributed by atoms with Gasteiger partial charge in [0, 0.05) is 25.2 Å². The van der Waals surface area contributed by atoms with Gasteiger partial charge in [0.15, 0.2) is 0 Å². The molecule has 0 radical (unpaired) electrons. The first kappa shape index (κ1) is 11.4. The number of ether oxygens (including phenoxy) is 2. The van der Waals surface area contributed by atoms with Crippen molar-refractivity contribution in [3.63, 3.8) is 0 Å². The monoisotopic (exact) mass is 224 g/mol. The van der Waals surface area contributed by atoms with Crippen molar-refractivity contribution in [1.82, 2.24) is 0 Å². The van der Waals surface area contributed by atoms with E-state index in [9.17, 15) is 0 Å². The van der Waals surface area contributed by atoms with E-state index in [0.717, 1.165) is 32.7 Å². The minimum Gasteiger partial charge on any atom is -0.384 e. The highest BCUT2D eigenvalue weighted by Crippen LogP contribution is 2.07. The third kappa shape index (κ3) is 8.30. The average Bonchev–Trinajstić information content (AvgIpc) is 1.99. The van der Waals surface area contributed by atoms with Crippen LogP contribution < -0.4 is 0 Å². The van der Waals surface area contributed by atoms with Crippen LogP contribution in [0.3, 0.4) is 0 Å². The molecule has 0 bridgehead atoms. The molecule has 0 spiro atoms. The Morgan fingerprint density at radius 2 is 2.18 bits per heavy atom. The molecule has 1 unspecified atom stereocenters. The summed E-state index contributed by atoms with van der Waals surface area (Å²) in [5.74, 6) is 0. The fourth-order valence-corrected chi connectivity index (χ4v) is 1.40. The Labute approximate surface area is 77.4 Å². The lowest BCUT2D eigenvalue weighted by atomic mass is 10.2. The van der Waals surface area contributed by atoms with Crippen molar-refractivity contribution in [2.75, 3.05) is 26.9 Å². The third-order valence-electron chi connectivity index (χ3n) is 1.36. The lowest BCUT2D eigenvalue weighted by molar-refractivity contribution is 0.139. The number of hydrogen-bond acceptors (Lipinski definition) is 2. The Morgan fingerprint density at radius 1 is 1.45 bits per heavy atom. The zero-order chi connectivity index (χ0) is 8.53. The fourth-order valence-electron chi connectivity index (χ4n) is 0.815. The SMILES string of the molecule is CCOCCCC(Br)COC. The molecule has 3 heteroatoms. The van der Waals surface area contributed by atoms with E-state index in [4.69, 9.17) is 9.47 Å². The summed E-state index contributed by atoms with van der Waals surface area (Å²) in [5, 5.41) is 0. The summed E-state index contributed by atoms with van der Waals surface area (Å²) in [4.78, 5) is 0.480. The van der Waals surface area contributed by atoms with E-state index >= 15 is 0 Å². The molecule has 0 aliphatic rings. The van der Waals surface area contributed by atoms with Gasteiger partial charge in [0.05, 0.1) is 6.61 Å². The van der Waals surface area contributed by atoms with Gasteiger partial charge in [-0.25, -0.2) is 0 Å². The van der Waals surface area contributed by atoms with Gasteiger partial charge in [-0.15, -0.1) is 0 Å². The van der Waals surface area contributed by atoms with Gasteiger partial charge in [-0.3, -0.25) is 0 Å². The van der Waals surface area contributed by atoms with E-state index in [2.05, 4.69) is 15.9 Å². The Bertz CT molecular complexity index is 78.5. The van der Waals surface area contributed by atoms with Crippen molar-refractivity contribution in [3.05, 3.63) is 0 Å². The summed E-state index contributed by atoms with van der Waals surface area (Å²) in [5.41, 5.74) is 0. The van der Waals surface area contributed by atoms with Crippen LogP contribution in [-0.2, 0) is 9.47 Å². The van der Waals surface area contributed by atoms with Gasteiger partial charge in [-0.1, -0.05) is 15.9 Å². The van der Waals surface area contributed by atoms with E-state index in [1.54, 1.807) is 7.11 Å². The molecule has 0 aromatic carbocycles. The normalized spacial score (nSPS) is 13.4. The zero-order valence-electron chi connectivity index (χ0n) is 7.31. The van der Waals surface area contributed by atoms with Crippen LogP contribution in [0, 0.1) is 0 Å². The van der Waals surface area contributed by atoms with Crippen molar-refractivity contribution in [1.29, 1.82) is 0 Å². The number of rotatable bonds is 7. The molecule has 11 heavy (non-hydrogen) atoms. The Balaban J connectivity index is 2.97. The van der Waals surface area contributed by atoms with E-state index in [-0.39, 0.29) is 0 Å². The molecule has 0 N–H and O–H groups in total. The topological polar surface area (TPSA) is 18.5 Å². The predicted octanol–water partition coefficient (Wildman–Crippen LogP) is 2.21. The summed E-state index contributed by atoms with van der Waals surface area (Å²) < 4.78 is 10.2. The molecule has 0 aromatic heterocycles. The third-order valence-corrected chi connectivity index (χ3v) is 2.08. The lowest BCUT2D eigenvalue weighted by Crippen LogP contribution is -2.07. The Hall–Kier alpha value is 0.400. The molecular formula is C8H17BrO2. The standard InChI is InChI=1S/C8H17BrO2/c1-3-11-6-4-5-8(9)7-10-2/h8H,3-7H2,1-2H3. The second-order valence-corrected chi connectivity index (χ2v) is 3.69. The van der Waals surface area contributed by atoms with Crippen molar-refractivity contribution in [2.24, 2.45) is 0 Å². The predicted molar refractivity (Wildman–Crippen MR) is 50.3 cm³/mol. The van der Waals surface area contributed by atoms with Crippen LogP contribution in [0.2, 0.25) is 0 Å². The number of methoxy groups -OCH3 is 1. The van der Waals surface area contributed by atoms with Crippen LogP contribution in [-0.4, -0.2) is 31.8 Å². The Morgan fingerprint density at radius 3 is 2.73 bits per heavy atom. The molecule has 0 aliphatic carbocycles. The van der Waals surface area contributed by atoms with Gasteiger partial charge < -0.3 is 9.47 Å². The summed E-state index contributed by atoms with van der Waals surface area (Å²) in [6, 6.07) is 0. The first-order valence-corrected chi connectivity index (χ1v) is 4.93.